The monoisotopic (exact) mass is 596 g/mol. The number of carbonyl (C=O) groups excluding carboxylic acids is 1. The minimum Gasteiger partial charge on any atom is -0.495 e. The third kappa shape index (κ3) is 6.94. The summed E-state index contributed by atoms with van der Waals surface area (Å²) in [6.45, 7) is 1.08. The Bertz CT molecular complexity index is 1560. The Hall–Kier alpha value is -3.48. The Morgan fingerprint density at radius 3 is 1.97 bits per heavy atom. The average Bonchev–Trinajstić information content (AvgIpc) is 2.90. The third-order valence-electron chi connectivity index (χ3n) is 5.83. The quantitative estimate of drug-likeness (QED) is 0.354. The van der Waals surface area contributed by atoms with Crippen molar-refractivity contribution in [2.75, 3.05) is 38.4 Å². The van der Waals surface area contributed by atoms with Crippen LogP contribution in [0.2, 0.25) is 5.02 Å². The van der Waals surface area contributed by atoms with Crippen LogP contribution in [-0.4, -0.2) is 56.9 Å². The summed E-state index contributed by atoms with van der Waals surface area (Å²) in [4.78, 5) is 13.2. The fourth-order valence-electron chi connectivity index (χ4n) is 3.77. The fraction of sp³-hybridized carbons (Fsp3) is 0.269. The Morgan fingerprint density at radius 1 is 0.846 bits per heavy atom. The summed E-state index contributed by atoms with van der Waals surface area (Å²) in [5.74, 6) is 0.0745. The van der Waals surface area contributed by atoms with E-state index in [2.05, 4.69) is 5.32 Å². The fourth-order valence-corrected chi connectivity index (χ4v) is 6.00. The molecular weight excluding hydrogens is 568 g/mol. The lowest BCUT2D eigenvalue weighted by atomic mass is 10.1. The van der Waals surface area contributed by atoms with E-state index in [0.29, 0.717) is 11.3 Å². The van der Waals surface area contributed by atoms with Gasteiger partial charge in [-0.05, 0) is 55.0 Å². The van der Waals surface area contributed by atoms with E-state index in [1.165, 1.54) is 69.9 Å². The van der Waals surface area contributed by atoms with E-state index < -0.39 is 38.4 Å². The van der Waals surface area contributed by atoms with E-state index in [9.17, 15) is 21.6 Å². The Kier molecular flexibility index (Phi) is 9.36. The molecule has 0 aromatic heterocycles. The predicted octanol–water partition coefficient (Wildman–Crippen LogP) is 3.84. The van der Waals surface area contributed by atoms with Crippen molar-refractivity contribution in [2.45, 2.75) is 22.8 Å². The topological polar surface area (TPSA) is 128 Å². The normalized spacial score (nSPS) is 12.4. The number of nitrogens with zero attached hydrogens (tertiary/aromatic N) is 1. The molecule has 0 saturated heterocycles. The largest absolute Gasteiger partial charge is 0.495 e. The average molecular weight is 597 g/mol. The van der Waals surface area contributed by atoms with Crippen molar-refractivity contribution in [3.05, 3.63) is 71.2 Å². The smallest absolute Gasteiger partial charge is 0.265 e. The number of halogens is 1. The molecule has 0 saturated carbocycles. The highest BCUT2D eigenvalue weighted by Gasteiger charge is 2.31. The van der Waals surface area contributed by atoms with Crippen LogP contribution in [0.3, 0.4) is 0 Å². The highest BCUT2D eigenvalue weighted by molar-refractivity contribution is 7.93. The van der Waals surface area contributed by atoms with Gasteiger partial charge in [0.1, 0.15) is 12.3 Å². The van der Waals surface area contributed by atoms with Crippen LogP contribution in [-0.2, 0) is 24.7 Å². The molecule has 3 aromatic rings. The van der Waals surface area contributed by atoms with Gasteiger partial charge in [0.05, 0.1) is 42.8 Å². The van der Waals surface area contributed by atoms with Gasteiger partial charge in [0.25, 0.3) is 10.0 Å². The lowest BCUT2D eigenvalue weighted by Crippen LogP contribution is -2.41. The summed E-state index contributed by atoms with van der Waals surface area (Å²) in [6.07, 6.45) is 1.10. The minimum absolute atomic E-state index is 0.0556. The van der Waals surface area contributed by atoms with E-state index >= 15 is 0 Å². The van der Waals surface area contributed by atoms with Crippen LogP contribution in [0, 0.1) is 0 Å². The van der Waals surface area contributed by atoms with Crippen molar-refractivity contribution in [1.29, 1.82) is 0 Å². The molecule has 0 aliphatic rings. The van der Waals surface area contributed by atoms with E-state index in [-0.39, 0.29) is 32.0 Å². The molecule has 0 bridgehead atoms. The molecule has 0 heterocycles. The van der Waals surface area contributed by atoms with E-state index in [0.717, 1.165) is 10.6 Å². The molecule has 39 heavy (non-hydrogen) atoms. The van der Waals surface area contributed by atoms with Gasteiger partial charge in [0.15, 0.2) is 21.3 Å². The van der Waals surface area contributed by atoms with Gasteiger partial charge in [-0.3, -0.25) is 9.10 Å². The molecule has 0 aliphatic carbocycles. The van der Waals surface area contributed by atoms with Gasteiger partial charge in [-0.2, -0.15) is 0 Å². The Balaban J connectivity index is 1.99. The van der Waals surface area contributed by atoms with Crippen LogP contribution < -0.4 is 23.8 Å². The highest BCUT2D eigenvalue weighted by atomic mass is 35.5. The van der Waals surface area contributed by atoms with Gasteiger partial charge in [0.2, 0.25) is 5.91 Å². The first-order valence-electron chi connectivity index (χ1n) is 11.5. The molecule has 1 atom stereocenters. The molecule has 10 nitrogen and oxygen atoms in total. The molecule has 0 spiro atoms. The first kappa shape index (κ1) is 30.1. The number of sulfonamides is 1. The van der Waals surface area contributed by atoms with Crippen LogP contribution in [0.1, 0.15) is 18.5 Å². The standard InChI is InChI=1S/C26H29ClN2O8S2/c1-17(18-6-9-20(10-7-18)38(5,31)32)28-26(30)16-29(22-14-19(27)8-12-23(22)35-2)39(33,34)21-11-13-24(36-3)25(15-21)37-4/h6-15,17H,16H2,1-5H3,(H,28,30)/t17-/m1/s1. The molecule has 0 unspecified atom stereocenters. The van der Waals surface area contributed by atoms with E-state index in [1.807, 2.05) is 0 Å². The van der Waals surface area contributed by atoms with E-state index in [4.69, 9.17) is 25.8 Å². The van der Waals surface area contributed by atoms with Crippen molar-refractivity contribution in [3.8, 4) is 17.2 Å². The number of methoxy groups -OCH3 is 3. The van der Waals surface area contributed by atoms with Gasteiger partial charge < -0.3 is 19.5 Å². The van der Waals surface area contributed by atoms with E-state index in [1.54, 1.807) is 19.1 Å². The second-order valence-electron chi connectivity index (χ2n) is 8.48. The van der Waals surface area contributed by atoms with Gasteiger partial charge in [-0.25, -0.2) is 16.8 Å². The van der Waals surface area contributed by atoms with Crippen LogP contribution >= 0.6 is 11.6 Å². The molecule has 0 aliphatic heterocycles. The molecule has 210 valence electrons. The number of anilines is 1. The molecule has 3 rings (SSSR count). The van der Waals surface area contributed by atoms with Crippen molar-refractivity contribution < 1.29 is 35.8 Å². The van der Waals surface area contributed by atoms with Gasteiger partial charge >= 0.3 is 0 Å². The lowest BCUT2D eigenvalue weighted by Gasteiger charge is -2.27. The number of carbonyl (C=O) groups is 1. The summed E-state index contributed by atoms with van der Waals surface area (Å²) in [7, 11) is -3.55. The lowest BCUT2D eigenvalue weighted by molar-refractivity contribution is -0.120. The second kappa shape index (κ2) is 12.1. The zero-order chi connectivity index (χ0) is 29.0. The maximum Gasteiger partial charge on any atom is 0.265 e. The number of rotatable bonds is 11. The Labute approximate surface area is 233 Å². The molecule has 0 fully saturated rings. The number of benzene rings is 3. The molecule has 1 amide bonds. The van der Waals surface area contributed by atoms with Crippen molar-refractivity contribution >= 4 is 43.1 Å². The van der Waals surface area contributed by atoms with Gasteiger partial charge in [-0.15, -0.1) is 0 Å². The maximum absolute atomic E-state index is 13.9. The second-order valence-corrected chi connectivity index (χ2v) is 12.8. The predicted molar refractivity (Wildman–Crippen MR) is 148 cm³/mol. The third-order valence-corrected chi connectivity index (χ3v) is 8.94. The SMILES string of the molecule is COc1ccc(S(=O)(=O)N(CC(=O)N[C@H](C)c2ccc(S(C)(=O)=O)cc2)c2cc(Cl)ccc2OC)cc1OC. The molecule has 3 aromatic carbocycles. The number of sulfone groups is 1. The highest BCUT2D eigenvalue weighted by Crippen LogP contribution is 2.37. The summed E-state index contributed by atoms with van der Waals surface area (Å²) < 4.78 is 68.0. The molecule has 0 radical (unpaired) electrons. The number of nitrogens with one attached hydrogen (secondary N) is 1. The number of hydrogen-bond acceptors (Lipinski definition) is 8. The Morgan fingerprint density at radius 2 is 1.41 bits per heavy atom. The minimum atomic E-state index is -4.35. The number of amides is 1. The summed E-state index contributed by atoms with van der Waals surface area (Å²) in [5, 5.41) is 2.99. The van der Waals surface area contributed by atoms with Crippen molar-refractivity contribution in [2.24, 2.45) is 0 Å². The van der Waals surface area contributed by atoms with Crippen LogP contribution in [0.25, 0.3) is 0 Å². The van der Waals surface area contributed by atoms with Gasteiger partial charge in [-0.1, -0.05) is 23.7 Å². The maximum atomic E-state index is 13.9. The van der Waals surface area contributed by atoms with Gasteiger partial charge in [0, 0.05) is 17.3 Å². The summed E-state index contributed by atoms with van der Waals surface area (Å²) in [5.41, 5.74) is 0.686. The number of hydrogen-bond donors (Lipinski definition) is 1. The zero-order valence-electron chi connectivity index (χ0n) is 22.0. The first-order valence-corrected chi connectivity index (χ1v) is 15.2. The van der Waals surface area contributed by atoms with Crippen molar-refractivity contribution in [1.82, 2.24) is 5.32 Å². The number of ether oxygens (including phenoxy) is 3. The molecule has 1 N–H and O–H groups in total. The first-order chi connectivity index (χ1) is 18.3. The van der Waals surface area contributed by atoms with Crippen LogP contribution in [0.4, 0.5) is 5.69 Å². The zero-order valence-corrected chi connectivity index (χ0v) is 24.4. The summed E-state index contributed by atoms with van der Waals surface area (Å²) in [6, 6.07) is 14.0. The van der Waals surface area contributed by atoms with Crippen molar-refractivity contribution in [3.63, 3.8) is 0 Å². The van der Waals surface area contributed by atoms with Crippen LogP contribution in [0.5, 0.6) is 17.2 Å². The molecule has 13 heteroatoms. The summed E-state index contributed by atoms with van der Waals surface area (Å²) >= 11 is 6.19. The van der Waals surface area contributed by atoms with Crippen LogP contribution in [0.15, 0.2) is 70.5 Å². The molecular formula is C26H29ClN2O8S2.